The molecular formula is C36H44N6O5. The second-order valence-electron chi connectivity index (χ2n) is 12.3. The first-order valence-corrected chi connectivity index (χ1v) is 16.2. The summed E-state index contributed by atoms with van der Waals surface area (Å²) in [6, 6.07) is 22.6. The molecule has 6 rings (SSSR count). The molecule has 11 heteroatoms. The number of hydrogen-bond donors (Lipinski definition) is 0. The Morgan fingerprint density at radius 2 is 1.70 bits per heavy atom. The minimum atomic E-state index is -0.292. The molecule has 47 heavy (non-hydrogen) atoms. The third kappa shape index (κ3) is 7.86. The number of likely N-dealkylation sites (N-methyl/N-ethyl adjacent to an activating group) is 1. The van der Waals surface area contributed by atoms with E-state index in [-0.39, 0.29) is 25.6 Å². The first kappa shape index (κ1) is 32.3. The Bertz CT molecular complexity index is 1660. The van der Waals surface area contributed by atoms with Gasteiger partial charge in [0.25, 0.3) is 0 Å². The summed E-state index contributed by atoms with van der Waals surface area (Å²) in [6.07, 6.45) is 0.388. The zero-order valence-corrected chi connectivity index (χ0v) is 27.7. The third-order valence-corrected chi connectivity index (χ3v) is 8.49. The minimum Gasteiger partial charge on any atom is -0.467 e. The number of carbonyl (C=O) groups excluding carboxylic acids is 1. The molecule has 0 radical (unpaired) electrons. The monoisotopic (exact) mass is 640 g/mol. The Balaban J connectivity index is 1.24. The van der Waals surface area contributed by atoms with Gasteiger partial charge in [0.1, 0.15) is 24.3 Å². The number of benzene rings is 3. The van der Waals surface area contributed by atoms with E-state index in [2.05, 4.69) is 39.0 Å². The van der Waals surface area contributed by atoms with Gasteiger partial charge in [-0.15, -0.1) is 0 Å². The van der Waals surface area contributed by atoms with Gasteiger partial charge in [0.05, 0.1) is 12.2 Å². The molecule has 3 heterocycles. The summed E-state index contributed by atoms with van der Waals surface area (Å²) in [5, 5.41) is 2.26. The van der Waals surface area contributed by atoms with Crippen molar-refractivity contribution in [3.05, 3.63) is 83.6 Å². The Labute approximate surface area is 276 Å². The number of ether oxygens (including phenoxy) is 4. The molecule has 0 N–H and O–H groups in total. The Kier molecular flexibility index (Phi) is 10.2. The zero-order chi connectivity index (χ0) is 32.8. The van der Waals surface area contributed by atoms with Gasteiger partial charge < -0.3 is 38.5 Å². The third-order valence-electron chi connectivity index (χ3n) is 8.49. The lowest BCUT2D eigenvalue weighted by Crippen LogP contribution is -2.49. The number of nitrogens with zero attached hydrogens (tertiary/aromatic N) is 6. The summed E-state index contributed by atoms with van der Waals surface area (Å²) < 4.78 is 23.0. The normalized spacial score (nSPS) is 15.5. The number of hydrogen-bond acceptors (Lipinski definition) is 10. The number of rotatable bonds is 11. The van der Waals surface area contributed by atoms with Crippen LogP contribution in [0.2, 0.25) is 0 Å². The van der Waals surface area contributed by atoms with E-state index in [0.717, 1.165) is 64.4 Å². The van der Waals surface area contributed by atoms with Crippen LogP contribution in [0.1, 0.15) is 23.7 Å². The number of piperazine rings is 1. The highest BCUT2D eigenvalue weighted by Crippen LogP contribution is 2.37. The Morgan fingerprint density at radius 3 is 2.47 bits per heavy atom. The van der Waals surface area contributed by atoms with E-state index in [0.29, 0.717) is 38.7 Å². The van der Waals surface area contributed by atoms with Crippen LogP contribution in [-0.4, -0.2) is 99.2 Å². The van der Waals surface area contributed by atoms with Gasteiger partial charge >= 0.3 is 12.1 Å². The van der Waals surface area contributed by atoms with Gasteiger partial charge in [0.2, 0.25) is 0 Å². The van der Waals surface area contributed by atoms with E-state index in [4.69, 9.17) is 28.9 Å². The fourth-order valence-corrected chi connectivity index (χ4v) is 6.29. The second kappa shape index (κ2) is 14.9. The van der Waals surface area contributed by atoms with Gasteiger partial charge in [0, 0.05) is 69.1 Å². The van der Waals surface area contributed by atoms with Gasteiger partial charge in [-0.05, 0) is 44.5 Å². The molecule has 1 atom stereocenters. The van der Waals surface area contributed by atoms with E-state index in [1.54, 1.807) is 12.0 Å². The second-order valence-corrected chi connectivity index (χ2v) is 12.3. The summed E-state index contributed by atoms with van der Waals surface area (Å²) in [7, 11) is 5.67. The molecule has 0 aliphatic carbocycles. The minimum absolute atomic E-state index is 0.0922. The van der Waals surface area contributed by atoms with E-state index in [9.17, 15) is 4.79 Å². The molecule has 2 aliphatic rings. The van der Waals surface area contributed by atoms with Crippen LogP contribution in [0.25, 0.3) is 10.8 Å². The van der Waals surface area contributed by atoms with Gasteiger partial charge in [-0.2, -0.15) is 9.97 Å². The van der Waals surface area contributed by atoms with E-state index < -0.39 is 0 Å². The molecule has 0 spiro atoms. The van der Waals surface area contributed by atoms with E-state index in [1.807, 2.05) is 63.5 Å². The molecule has 3 aromatic carbocycles. The Hall–Kier alpha value is -4.61. The van der Waals surface area contributed by atoms with Crippen LogP contribution in [0.3, 0.4) is 0 Å². The topological polar surface area (TPSA) is 92.7 Å². The van der Waals surface area contributed by atoms with Gasteiger partial charge in [-0.25, -0.2) is 4.79 Å². The number of methoxy groups -OCH3 is 1. The molecule has 0 bridgehead atoms. The van der Waals surface area contributed by atoms with Crippen LogP contribution in [0.15, 0.2) is 66.7 Å². The smallest absolute Gasteiger partial charge is 0.410 e. The van der Waals surface area contributed by atoms with Crippen LogP contribution >= 0.6 is 0 Å². The maximum absolute atomic E-state index is 12.9. The molecule has 1 amide bonds. The quantitative estimate of drug-likeness (QED) is 0.210. The molecule has 248 valence electrons. The number of fused-ring (bicyclic) bond motifs is 2. The van der Waals surface area contributed by atoms with Gasteiger partial charge in [-0.1, -0.05) is 54.6 Å². The van der Waals surface area contributed by atoms with Crippen molar-refractivity contribution in [3.63, 3.8) is 0 Å². The number of carbonyl (C=O) groups is 1. The molecule has 1 saturated heterocycles. The predicted octanol–water partition coefficient (Wildman–Crippen LogP) is 4.96. The summed E-state index contributed by atoms with van der Waals surface area (Å²) in [6.45, 7) is 7.00. The fraction of sp³-hybridized carbons (Fsp3) is 0.417. The van der Waals surface area contributed by atoms with Crippen molar-refractivity contribution in [1.82, 2.24) is 19.8 Å². The lowest BCUT2D eigenvalue weighted by Gasteiger charge is -2.38. The van der Waals surface area contributed by atoms with Crippen molar-refractivity contribution >= 4 is 28.4 Å². The maximum atomic E-state index is 12.9. The highest BCUT2D eigenvalue weighted by atomic mass is 16.7. The first-order chi connectivity index (χ1) is 22.9. The van der Waals surface area contributed by atoms with Crippen molar-refractivity contribution < 1.29 is 23.7 Å². The standard InChI is InChI=1S/C36H44N6O5/c1-26(22-39(2)3)47-35-37-32-23-42(33-21-29(46-25-44-4)20-28-12-8-9-13-30(28)33)15-14-31(32)34(38-35)40-16-18-41(19-17-40)36(43)45-24-27-10-6-5-7-11-27/h5-13,20-21,26H,14-19,22-25H2,1-4H3. The summed E-state index contributed by atoms with van der Waals surface area (Å²) in [5.41, 5.74) is 4.14. The van der Waals surface area contributed by atoms with Gasteiger partial charge in [0.15, 0.2) is 6.79 Å². The highest BCUT2D eigenvalue weighted by Gasteiger charge is 2.30. The van der Waals surface area contributed by atoms with Crippen LogP contribution in [0.5, 0.6) is 11.8 Å². The molecule has 2 aliphatic heterocycles. The number of aromatic nitrogens is 2. The van der Waals surface area contributed by atoms with Crippen LogP contribution in [-0.2, 0) is 29.0 Å². The Morgan fingerprint density at radius 1 is 0.936 bits per heavy atom. The van der Waals surface area contributed by atoms with Crippen molar-refractivity contribution in [2.24, 2.45) is 0 Å². The zero-order valence-electron chi connectivity index (χ0n) is 27.7. The van der Waals surface area contributed by atoms with Crippen molar-refractivity contribution in [2.75, 3.05) is 77.1 Å². The number of anilines is 2. The molecule has 11 nitrogen and oxygen atoms in total. The summed E-state index contributed by atoms with van der Waals surface area (Å²) in [4.78, 5) is 31.3. The van der Waals surface area contributed by atoms with Crippen molar-refractivity contribution in [2.45, 2.75) is 32.6 Å². The van der Waals surface area contributed by atoms with Crippen molar-refractivity contribution in [1.29, 1.82) is 0 Å². The van der Waals surface area contributed by atoms with E-state index in [1.165, 1.54) is 0 Å². The molecule has 1 aromatic heterocycles. The SMILES string of the molecule is COCOc1cc(N2CCc3c(nc(OC(C)CN(C)C)nc3N3CCN(C(=O)OCc4ccccc4)CC3)C2)c2ccccc2c1. The molecule has 1 unspecified atom stereocenters. The number of amides is 1. The predicted molar refractivity (Wildman–Crippen MR) is 182 cm³/mol. The molecule has 4 aromatic rings. The fourth-order valence-electron chi connectivity index (χ4n) is 6.29. The van der Waals surface area contributed by atoms with Crippen molar-refractivity contribution in [3.8, 4) is 11.8 Å². The first-order valence-electron chi connectivity index (χ1n) is 16.2. The van der Waals surface area contributed by atoms with E-state index >= 15 is 0 Å². The van der Waals surface area contributed by atoms with Crippen LogP contribution < -0.4 is 19.3 Å². The largest absolute Gasteiger partial charge is 0.467 e. The molecule has 1 fully saturated rings. The average molecular weight is 641 g/mol. The highest BCUT2D eigenvalue weighted by molar-refractivity contribution is 5.95. The lowest BCUT2D eigenvalue weighted by molar-refractivity contribution is 0.0512. The average Bonchev–Trinajstić information content (AvgIpc) is 3.09. The molecular weight excluding hydrogens is 596 g/mol. The summed E-state index contributed by atoms with van der Waals surface area (Å²) in [5.74, 6) is 1.65. The lowest BCUT2D eigenvalue weighted by atomic mass is 10.0. The summed E-state index contributed by atoms with van der Waals surface area (Å²) >= 11 is 0. The maximum Gasteiger partial charge on any atom is 0.410 e. The van der Waals surface area contributed by atoms with Crippen LogP contribution in [0, 0.1) is 0 Å². The molecule has 0 saturated carbocycles. The van der Waals surface area contributed by atoms with Crippen LogP contribution in [0.4, 0.5) is 16.3 Å². The van der Waals surface area contributed by atoms with Gasteiger partial charge in [-0.3, -0.25) is 0 Å².